The number of hydrogen-bond donors (Lipinski definition) is 0. The van der Waals surface area contributed by atoms with Crippen LogP contribution in [0.25, 0.3) is 0 Å². The van der Waals surface area contributed by atoms with Gasteiger partial charge in [-0.2, -0.15) is 0 Å². The van der Waals surface area contributed by atoms with E-state index in [2.05, 4.69) is 70.2 Å². The molecule has 0 amide bonds. The first-order valence-electron chi connectivity index (χ1n) is 11.5. The summed E-state index contributed by atoms with van der Waals surface area (Å²) in [7, 11) is 1.42. The highest BCUT2D eigenvalue weighted by molar-refractivity contribution is 6.45. The third kappa shape index (κ3) is 4.63. The van der Waals surface area contributed by atoms with Crippen molar-refractivity contribution in [2.45, 2.75) is 82.9 Å². The van der Waals surface area contributed by atoms with E-state index in [4.69, 9.17) is 18.8 Å². The summed E-state index contributed by atoms with van der Waals surface area (Å²) in [5, 5.41) is 0. The molecule has 2 fully saturated rings. The van der Waals surface area contributed by atoms with Gasteiger partial charge >= 0.3 is 7.12 Å². The van der Waals surface area contributed by atoms with Gasteiger partial charge in [-0.15, -0.1) is 0 Å². The lowest BCUT2D eigenvalue weighted by Gasteiger charge is -2.32. The zero-order valence-electron chi connectivity index (χ0n) is 19.5. The summed E-state index contributed by atoms with van der Waals surface area (Å²) >= 11 is 0. The first-order valence-corrected chi connectivity index (χ1v) is 11.5. The second kappa shape index (κ2) is 8.87. The Labute approximate surface area is 187 Å². The van der Waals surface area contributed by atoms with Crippen LogP contribution in [-0.2, 0) is 9.31 Å². The second-order valence-electron chi connectivity index (χ2n) is 9.79. The molecule has 31 heavy (non-hydrogen) atoms. The summed E-state index contributed by atoms with van der Waals surface area (Å²) in [6, 6.07) is 16.8. The Morgan fingerprint density at radius 3 is 2.19 bits per heavy atom. The lowest BCUT2D eigenvalue weighted by molar-refractivity contribution is 0.00578. The van der Waals surface area contributed by atoms with Gasteiger partial charge in [-0.05, 0) is 71.3 Å². The largest absolute Gasteiger partial charge is 0.493 e. The predicted octanol–water partition coefficient (Wildman–Crippen LogP) is 6.24. The summed E-state index contributed by atoms with van der Waals surface area (Å²) in [6.45, 7) is 8.41. The molecule has 166 valence electrons. The van der Waals surface area contributed by atoms with E-state index in [1.54, 1.807) is 7.11 Å². The van der Waals surface area contributed by atoms with E-state index in [0.29, 0.717) is 6.32 Å². The Hall–Kier alpha value is -1.98. The van der Waals surface area contributed by atoms with Crippen LogP contribution in [0, 0.1) is 0 Å². The van der Waals surface area contributed by atoms with Crippen LogP contribution in [0.5, 0.6) is 11.5 Å². The zero-order chi connectivity index (χ0) is 22.1. The lowest BCUT2D eigenvalue weighted by atomic mass is 9.72. The Balaban J connectivity index is 1.71. The fourth-order valence-electron chi connectivity index (χ4n) is 4.65. The molecule has 5 heteroatoms. The van der Waals surface area contributed by atoms with Crippen LogP contribution in [0.4, 0.5) is 0 Å². The van der Waals surface area contributed by atoms with Crippen LogP contribution < -0.4 is 9.47 Å². The quantitative estimate of drug-likeness (QED) is 0.495. The minimum Gasteiger partial charge on any atom is -0.493 e. The van der Waals surface area contributed by atoms with Crippen LogP contribution in [0.15, 0.2) is 48.5 Å². The van der Waals surface area contributed by atoms with Crippen LogP contribution in [0.1, 0.15) is 70.4 Å². The summed E-state index contributed by atoms with van der Waals surface area (Å²) in [5.74, 6) is 1.73. The molecule has 1 saturated carbocycles. The molecule has 1 aliphatic heterocycles. The normalized spacial score (nSPS) is 21.3. The molecule has 0 bridgehead atoms. The minimum absolute atomic E-state index is 0.0717. The van der Waals surface area contributed by atoms with Gasteiger partial charge in [0.1, 0.15) is 0 Å². The third-order valence-corrected chi connectivity index (χ3v) is 7.12. The van der Waals surface area contributed by atoms with E-state index in [1.165, 1.54) is 18.4 Å². The Bertz CT molecular complexity index is 858. The third-order valence-electron chi connectivity index (χ3n) is 7.12. The predicted molar refractivity (Wildman–Crippen MR) is 125 cm³/mol. The van der Waals surface area contributed by atoms with Gasteiger partial charge in [-0.25, -0.2) is 0 Å². The molecule has 2 aliphatic rings. The van der Waals surface area contributed by atoms with Gasteiger partial charge in [0.15, 0.2) is 11.5 Å². The highest BCUT2D eigenvalue weighted by atomic mass is 16.7. The van der Waals surface area contributed by atoms with Gasteiger partial charge in [0.05, 0.1) is 24.4 Å². The molecule has 0 aromatic heterocycles. The number of hydrogen-bond acceptors (Lipinski definition) is 4. The molecule has 0 spiro atoms. The SMILES string of the molecule is COc1cccc(C(CB2OC(C)(C)C(C)(C)O2)c2ccccc2)c1OC1CCCC1. The van der Waals surface area contributed by atoms with Crippen molar-refractivity contribution in [1.82, 2.24) is 0 Å². The smallest absolute Gasteiger partial charge is 0.458 e. The van der Waals surface area contributed by atoms with Crippen molar-refractivity contribution in [1.29, 1.82) is 0 Å². The molecule has 1 saturated heterocycles. The van der Waals surface area contributed by atoms with Crippen molar-refractivity contribution in [2.75, 3.05) is 7.11 Å². The van der Waals surface area contributed by atoms with Gasteiger partial charge in [0, 0.05) is 11.5 Å². The summed E-state index contributed by atoms with van der Waals surface area (Å²) < 4.78 is 25.0. The van der Waals surface area contributed by atoms with Crippen molar-refractivity contribution in [2.24, 2.45) is 0 Å². The number of para-hydroxylation sites is 1. The summed E-state index contributed by atoms with van der Waals surface area (Å²) in [4.78, 5) is 0. The van der Waals surface area contributed by atoms with Gasteiger partial charge in [0.2, 0.25) is 0 Å². The van der Waals surface area contributed by atoms with Crippen molar-refractivity contribution >= 4 is 7.12 Å². The molecule has 1 atom stereocenters. The van der Waals surface area contributed by atoms with E-state index in [1.807, 2.05) is 6.07 Å². The highest BCUT2D eigenvalue weighted by Gasteiger charge is 2.51. The van der Waals surface area contributed by atoms with Crippen LogP contribution in [0.3, 0.4) is 0 Å². The molecule has 1 unspecified atom stereocenters. The van der Waals surface area contributed by atoms with Crippen molar-refractivity contribution < 1.29 is 18.8 Å². The van der Waals surface area contributed by atoms with Crippen molar-refractivity contribution in [3.8, 4) is 11.5 Å². The fourth-order valence-corrected chi connectivity index (χ4v) is 4.65. The maximum Gasteiger partial charge on any atom is 0.458 e. The van der Waals surface area contributed by atoms with Crippen LogP contribution in [0.2, 0.25) is 6.32 Å². The molecule has 1 heterocycles. The zero-order valence-corrected chi connectivity index (χ0v) is 19.5. The maximum atomic E-state index is 6.57. The average molecular weight is 422 g/mol. The topological polar surface area (TPSA) is 36.9 Å². The van der Waals surface area contributed by atoms with Crippen LogP contribution in [-0.4, -0.2) is 31.5 Å². The average Bonchev–Trinajstić information content (AvgIpc) is 3.32. The van der Waals surface area contributed by atoms with E-state index < -0.39 is 0 Å². The molecule has 2 aromatic rings. The molecular formula is C26H35BO4. The standard InChI is InChI=1S/C26H35BO4/c1-25(2)26(3,4)31-27(30-25)18-22(19-12-7-6-8-13-19)21-16-11-17-23(28-5)24(21)29-20-14-9-10-15-20/h6-8,11-13,16-17,20,22H,9-10,14-15,18H2,1-5H3. The summed E-state index contributed by atoms with van der Waals surface area (Å²) in [5.41, 5.74) is 1.65. The molecular weight excluding hydrogens is 387 g/mol. The van der Waals surface area contributed by atoms with Gasteiger partial charge in [-0.3, -0.25) is 0 Å². The second-order valence-corrected chi connectivity index (χ2v) is 9.79. The Kier molecular flexibility index (Phi) is 6.36. The first-order chi connectivity index (χ1) is 14.8. The van der Waals surface area contributed by atoms with E-state index in [9.17, 15) is 0 Å². The number of methoxy groups -OCH3 is 1. The van der Waals surface area contributed by atoms with Gasteiger partial charge in [0.25, 0.3) is 0 Å². The molecule has 2 aromatic carbocycles. The fraction of sp³-hybridized carbons (Fsp3) is 0.538. The van der Waals surface area contributed by atoms with Crippen molar-refractivity contribution in [3.63, 3.8) is 0 Å². The van der Waals surface area contributed by atoms with E-state index in [-0.39, 0.29) is 30.3 Å². The molecule has 0 N–H and O–H groups in total. The lowest BCUT2D eigenvalue weighted by Crippen LogP contribution is -2.41. The van der Waals surface area contributed by atoms with Crippen LogP contribution >= 0.6 is 0 Å². The van der Waals surface area contributed by atoms with Gasteiger partial charge in [-0.1, -0.05) is 42.5 Å². The number of ether oxygens (including phenoxy) is 2. The maximum absolute atomic E-state index is 6.57. The molecule has 1 aliphatic carbocycles. The van der Waals surface area contributed by atoms with Crippen molar-refractivity contribution in [3.05, 3.63) is 59.7 Å². The molecule has 4 nitrogen and oxygen atoms in total. The first kappa shape index (κ1) is 22.2. The van der Waals surface area contributed by atoms with Gasteiger partial charge < -0.3 is 18.8 Å². The number of rotatable bonds is 7. The monoisotopic (exact) mass is 422 g/mol. The Morgan fingerprint density at radius 2 is 1.58 bits per heavy atom. The number of benzene rings is 2. The Morgan fingerprint density at radius 1 is 0.935 bits per heavy atom. The summed E-state index contributed by atoms with van der Waals surface area (Å²) in [6.07, 6.45) is 5.62. The highest BCUT2D eigenvalue weighted by Crippen LogP contribution is 2.45. The molecule has 0 radical (unpaired) electrons. The van der Waals surface area contributed by atoms with E-state index in [0.717, 1.165) is 29.9 Å². The van der Waals surface area contributed by atoms with E-state index >= 15 is 0 Å². The minimum atomic E-state index is -0.351. The molecule has 4 rings (SSSR count).